The minimum Gasteiger partial charge on any atom is -0.464 e. The number of anilines is 2. The molecule has 0 radical (unpaired) electrons. The van der Waals surface area contributed by atoms with Gasteiger partial charge in [-0.2, -0.15) is 11.8 Å². The van der Waals surface area contributed by atoms with Crippen LogP contribution in [0.15, 0.2) is 35.1 Å². The molecule has 0 saturated carbocycles. The van der Waals surface area contributed by atoms with Gasteiger partial charge in [0.15, 0.2) is 11.5 Å². The summed E-state index contributed by atoms with van der Waals surface area (Å²) in [7, 11) is 3.02. The molecule has 8 nitrogen and oxygen atoms in total. The Kier molecular flexibility index (Phi) is 5.48. The minimum atomic E-state index is -0.556. The Labute approximate surface area is 172 Å². The Morgan fingerprint density at radius 2 is 2.14 bits per heavy atom. The highest BCUT2D eigenvalue weighted by Gasteiger charge is 2.25. The highest BCUT2D eigenvalue weighted by atomic mass is 32.2. The highest BCUT2D eigenvalue weighted by molar-refractivity contribution is 7.99. The lowest BCUT2D eigenvalue weighted by molar-refractivity contribution is 0.0591. The van der Waals surface area contributed by atoms with E-state index in [0.29, 0.717) is 22.8 Å². The second kappa shape index (κ2) is 8.20. The molecule has 1 aliphatic rings. The molecule has 0 aromatic carbocycles. The number of aryl methyl sites for hydroxylation is 1. The quantitative estimate of drug-likeness (QED) is 0.617. The maximum atomic E-state index is 12.6. The molecule has 3 aromatic rings. The van der Waals surface area contributed by atoms with Crippen molar-refractivity contribution in [3.63, 3.8) is 0 Å². The van der Waals surface area contributed by atoms with Crippen LogP contribution >= 0.6 is 11.8 Å². The molecule has 0 unspecified atom stereocenters. The zero-order valence-corrected chi connectivity index (χ0v) is 17.0. The van der Waals surface area contributed by atoms with Crippen molar-refractivity contribution in [2.75, 3.05) is 29.2 Å². The van der Waals surface area contributed by atoms with Crippen molar-refractivity contribution >= 4 is 46.0 Å². The van der Waals surface area contributed by atoms with E-state index >= 15 is 0 Å². The van der Waals surface area contributed by atoms with Gasteiger partial charge in [-0.25, -0.2) is 9.78 Å². The Morgan fingerprint density at radius 3 is 2.83 bits per heavy atom. The van der Waals surface area contributed by atoms with Crippen molar-refractivity contribution < 1.29 is 18.7 Å². The Bertz CT molecular complexity index is 1040. The van der Waals surface area contributed by atoms with E-state index in [9.17, 15) is 9.59 Å². The third-order valence-corrected chi connectivity index (χ3v) is 6.03. The molecule has 4 rings (SSSR count). The van der Waals surface area contributed by atoms with Crippen LogP contribution in [0.2, 0.25) is 0 Å². The molecule has 9 heteroatoms. The van der Waals surface area contributed by atoms with Crippen LogP contribution in [0.5, 0.6) is 0 Å². The lowest BCUT2D eigenvalue weighted by Crippen LogP contribution is -2.24. The Balaban J connectivity index is 1.75. The number of fused-ring (bicyclic) bond motifs is 1. The summed E-state index contributed by atoms with van der Waals surface area (Å²) in [6.07, 6.45) is 5.36. The van der Waals surface area contributed by atoms with Gasteiger partial charge in [0.25, 0.3) is 5.91 Å². The van der Waals surface area contributed by atoms with Gasteiger partial charge >= 0.3 is 5.97 Å². The Morgan fingerprint density at radius 1 is 1.34 bits per heavy atom. The third kappa shape index (κ3) is 3.82. The van der Waals surface area contributed by atoms with Crippen LogP contribution in [0.3, 0.4) is 0 Å². The average molecular weight is 414 g/mol. The number of ether oxygens (including phenoxy) is 1. The van der Waals surface area contributed by atoms with Crippen LogP contribution in [0, 0.1) is 0 Å². The van der Waals surface area contributed by atoms with Gasteiger partial charge in [0.1, 0.15) is 5.65 Å². The number of amides is 1. The zero-order valence-electron chi connectivity index (χ0n) is 16.2. The van der Waals surface area contributed by atoms with Crippen molar-refractivity contribution in [2.24, 2.45) is 7.05 Å². The van der Waals surface area contributed by atoms with Crippen LogP contribution in [-0.4, -0.2) is 46.1 Å². The first-order chi connectivity index (χ1) is 14.1. The molecule has 0 spiro atoms. The van der Waals surface area contributed by atoms with Gasteiger partial charge in [0, 0.05) is 18.5 Å². The molecular formula is C20H22N4O4S. The number of thioether (sulfide) groups is 1. The lowest BCUT2D eigenvalue weighted by Gasteiger charge is -2.23. The maximum absolute atomic E-state index is 12.6. The number of nitrogens with zero attached hydrogens (tertiary/aromatic N) is 2. The van der Waals surface area contributed by atoms with E-state index in [1.54, 1.807) is 29.9 Å². The fourth-order valence-electron chi connectivity index (χ4n) is 3.51. The number of hydrogen-bond acceptors (Lipinski definition) is 7. The molecule has 29 heavy (non-hydrogen) atoms. The zero-order chi connectivity index (χ0) is 20.4. The molecule has 2 N–H and O–H groups in total. The monoisotopic (exact) mass is 414 g/mol. The summed E-state index contributed by atoms with van der Waals surface area (Å²) in [4.78, 5) is 29.5. The number of nitrogens with one attached hydrogen (secondary N) is 2. The van der Waals surface area contributed by atoms with Crippen molar-refractivity contribution in [3.8, 4) is 0 Å². The second-order valence-corrected chi connectivity index (χ2v) is 8.06. The summed E-state index contributed by atoms with van der Waals surface area (Å²) < 4.78 is 11.7. The van der Waals surface area contributed by atoms with E-state index in [1.165, 1.54) is 13.4 Å². The number of carbonyl (C=O) groups is 2. The lowest BCUT2D eigenvalue weighted by atomic mass is 10.1. The smallest absolute Gasteiger partial charge is 0.356 e. The van der Waals surface area contributed by atoms with Gasteiger partial charge in [-0.05, 0) is 42.5 Å². The van der Waals surface area contributed by atoms with Gasteiger partial charge < -0.3 is 24.4 Å². The number of pyridine rings is 1. The fraction of sp³-hybridized carbons (Fsp3) is 0.350. The largest absolute Gasteiger partial charge is 0.464 e. The van der Waals surface area contributed by atoms with E-state index in [1.807, 2.05) is 17.8 Å². The molecule has 0 atom stereocenters. The topological polar surface area (TPSA) is 98.4 Å². The fourth-order valence-corrected chi connectivity index (χ4v) is 4.62. The predicted octanol–water partition coefficient (Wildman–Crippen LogP) is 3.51. The summed E-state index contributed by atoms with van der Waals surface area (Å²) in [5.41, 5.74) is 2.00. The van der Waals surface area contributed by atoms with E-state index in [4.69, 9.17) is 9.15 Å². The summed E-state index contributed by atoms with van der Waals surface area (Å²) in [6, 6.07) is 5.49. The SMILES string of the molecule is COC(=O)c1c(NC(=O)c2ccco2)c2cc(NC3CCSCC3)cnc2n1C. The van der Waals surface area contributed by atoms with E-state index < -0.39 is 11.9 Å². The molecule has 4 heterocycles. The number of hydrogen-bond donors (Lipinski definition) is 2. The van der Waals surface area contributed by atoms with Crippen LogP contribution < -0.4 is 10.6 Å². The molecule has 152 valence electrons. The van der Waals surface area contributed by atoms with Crippen molar-refractivity contribution in [3.05, 3.63) is 42.1 Å². The minimum absolute atomic E-state index is 0.153. The molecule has 1 aliphatic heterocycles. The van der Waals surface area contributed by atoms with Crippen molar-refractivity contribution in [1.29, 1.82) is 0 Å². The second-order valence-electron chi connectivity index (χ2n) is 6.83. The maximum Gasteiger partial charge on any atom is 0.356 e. The molecule has 1 amide bonds. The number of methoxy groups -OCH3 is 1. The first kappa shape index (κ1) is 19.4. The van der Waals surface area contributed by atoms with Gasteiger partial charge in [-0.15, -0.1) is 0 Å². The van der Waals surface area contributed by atoms with Crippen LogP contribution in [0.25, 0.3) is 11.0 Å². The number of esters is 1. The van der Waals surface area contributed by atoms with E-state index in [2.05, 4.69) is 15.6 Å². The Hall–Kier alpha value is -2.94. The van der Waals surface area contributed by atoms with Crippen molar-refractivity contribution in [1.82, 2.24) is 9.55 Å². The van der Waals surface area contributed by atoms with Gasteiger partial charge in [0.05, 0.1) is 30.9 Å². The summed E-state index contributed by atoms with van der Waals surface area (Å²) in [6.45, 7) is 0. The summed E-state index contributed by atoms with van der Waals surface area (Å²) in [5, 5.41) is 6.97. The van der Waals surface area contributed by atoms with Gasteiger partial charge in [-0.1, -0.05) is 0 Å². The standard InChI is InChI=1S/C20H22N4O4S/c1-24-17(20(26)27-2)16(23-19(25)15-4-3-7-28-15)14-10-13(11-21-18(14)24)22-12-5-8-29-9-6-12/h3-4,7,10-12,22H,5-6,8-9H2,1-2H3,(H,23,25). The van der Waals surface area contributed by atoms with Crippen LogP contribution in [0.1, 0.15) is 33.9 Å². The highest BCUT2D eigenvalue weighted by Crippen LogP contribution is 2.33. The number of furan rings is 1. The van der Waals surface area contributed by atoms with E-state index in [-0.39, 0.29) is 11.5 Å². The molecule has 1 fully saturated rings. The predicted molar refractivity (Wildman–Crippen MR) is 113 cm³/mol. The third-order valence-electron chi connectivity index (χ3n) is 4.98. The number of aromatic nitrogens is 2. The molecule has 0 aliphatic carbocycles. The molecule has 1 saturated heterocycles. The molecule has 0 bridgehead atoms. The van der Waals surface area contributed by atoms with Crippen LogP contribution in [0.4, 0.5) is 11.4 Å². The first-order valence-corrected chi connectivity index (χ1v) is 10.5. The number of rotatable bonds is 5. The summed E-state index contributed by atoms with van der Waals surface area (Å²) in [5.74, 6) is 1.42. The first-order valence-electron chi connectivity index (χ1n) is 9.34. The summed E-state index contributed by atoms with van der Waals surface area (Å²) >= 11 is 1.96. The van der Waals surface area contributed by atoms with Crippen molar-refractivity contribution in [2.45, 2.75) is 18.9 Å². The molecular weight excluding hydrogens is 392 g/mol. The average Bonchev–Trinajstić information content (AvgIpc) is 3.36. The normalized spacial score (nSPS) is 14.7. The van der Waals surface area contributed by atoms with Crippen LogP contribution in [-0.2, 0) is 11.8 Å². The van der Waals surface area contributed by atoms with E-state index in [0.717, 1.165) is 30.0 Å². The number of carbonyl (C=O) groups excluding carboxylic acids is 2. The van der Waals surface area contributed by atoms with Gasteiger partial charge in [-0.3, -0.25) is 4.79 Å². The van der Waals surface area contributed by atoms with Gasteiger partial charge in [0.2, 0.25) is 0 Å². The molecule has 3 aromatic heterocycles.